The zero-order valence-electron chi connectivity index (χ0n) is 15.5. The van der Waals surface area contributed by atoms with E-state index in [0.717, 1.165) is 0 Å². The third-order valence-electron chi connectivity index (χ3n) is 3.75. The molecule has 1 amide bonds. The second-order valence-electron chi connectivity index (χ2n) is 6.11. The number of nitrogens with one attached hydrogen (secondary N) is 1. The smallest absolute Gasteiger partial charge is 0.330 e. The van der Waals surface area contributed by atoms with Gasteiger partial charge in [-0.2, -0.15) is 0 Å². The highest BCUT2D eigenvalue weighted by Gasteiger charge is 2.29. The van der Waals surface area contributed by atoms with E-state index in [4.69, 9.17) is 15.2 Å². The van der Waals surface area contributed by atoms with Crippen molar-refractivity contribution >= 4 is 17.4 Å². The Bertz CT molecular complexity index is 691. The highest BCUT2D eigenvalue weighted by atomic mass is 16.5. The van der Waals surface area contributed by atoms with Gasteiger partial charge in [0.2, 0.25) is 0 Å². The first-order chi connectivity index (χ1) is 11.8. The van der Waals surface area contributed by atoms with Crippen LogP contribution in [0.5, 0.6) is 0 Å². The number of amides is 1. The van der Waals surface area contributed by atoms with Crippen LogP contribution in [0.2, 0.25) is 0 Å². The molecule has 9 heteroatoms. The predicted molar refractivity (Wildman–Crippen MR) is 95.9 cm³/mol. The standard InChI is InChI=1S/C16H28N4O5/c1-6-11(25-5)15(22)19(7-8-24-4)12-13(17)20(9-10(2)3)16(23)18-14(12)21/h10-11H,6-9,17H2,1-5H3,(H,18,21,23). The molecule has 1 unspecified atom stereocenters. The Kier molecular flexibility index (Phi) is 7.85. The van der Waals surface area contributed by atoms with Gasteiger partial charge in [0, 0.05) is 27.3 Å². The van der Waals surface area contributed by atoms with Crippen LogP contribution in [-0.4, -0.2) is 48.9 Å². The monoisotopic (exact) mass is 356 g/mol. The number of hydrogen-bond acceptors (Lipinski definition) is 6. The largest absolute Gasteiger partial charge is 0.383 e. The van der Waals surface area contributed by atoms with Crippen molar-refractivity contribution in [3.8, 4) is 0 Å². The Morgan fingerprint density at radius 3 is 2.44 bits per heavy atom. The fourth-order valence-corrected chi connectivity index (χ4v) is 2.52. The number of aromatic nitrogens is 2. The lowest BCUT2D eigenvalue weighted by Crippen LogP contribution is -2.46. The van der Waals surface area contributed by atoms with Crippen LogP contribution in [0.25, 0.3) is 0 Å². The lowest BCUT2D eigenvalue weighted by atomic mass is 10.2. The predicted octanol–water partition coefficient (Wildman–Crippen LogP) is 0.179. The van der Waals surface area contributed by atoms with E-state index in [1.165, 1.54) is 23.7 Å². The van der Waals surface area contributed by atoms with Crippen LogP contribution in [0.15, 0.2) is 9.59 Å². The van der Waals surface area contributed by atoms with Crippen molar-refractivity contribution in [2.75, 3.05) is 38.0 Å². The molecule has 0 saturated heterocycles. The molecule has 0 aliphatic carbocycles. The summed E-state index contributed by atoms with van der Waals surface area (Å²) in [5.74, 6) is -0.323. The molecule has 1 atom stereocenters. The summed E-state index contributed by atoms with van der Waals surface area (Å²) in [7, 11) is 2.91. The number of rotatable bonds is 9. The molecule has 1 heterocycles. The minimum atomic E-state index is -0.721. The minimum Gasteiger partial charge on any atom is -0.383 e. The zero-order valence-corrected chi connectivity index (χ0v) is 15.5. The van der Waals surface area contributed by atoms with E-state index < -0.39 is 23.3 Å². The summed E-state index contributed by atoms with van der Waals surface area (Å²) < 4.78 is 11.5. The quantitative estimate of drug-likeness (QED) is 0.651. The van der Waals surface area contributed by atoms with Crippen molar-refractivity contribution in [1.82, 2.24) is 9.55 Å². The molecule has 1 rings (SSSR count). The van der Waals surface area contributed by atoms with Gasteiger partial charge in [-0.25, -0.2) is 4.79 Å². The Labute approximate surface area is 146 Å². The summed E-state index contributed by atoms with van der Waals surface area (Å²) in [6.07, 6.45) is -0.288. The molecule has 0 spiro atoms. The highest BCUT2D eigenvalue weighted by molar-refractivity contribution is 5.98. The van der Waals surface area contributed by atoms with Crippen molar-refractivity contribution in [2.24, 2.45) is 5.92 Å². The van der Waals surface area contributed by atoms with Crippen LogP contribution < -0.4 is 21.9 Å². The van der Waals surface area contributed by atoms with Crippen LogP contribution in [0, 0.1) is 5.92 Å². The van der Waals surface area contributed by atoms with E-state index in [-0.39, 0.29) is 30.6 Å². The summed E-state index contributed by atoms with van der Waals surface area (Å²) in [4.78, 5) is 40.7. The van der Waals surface area contributed by atoms with Crippen LogP contribution in [-0.2, 0) is 20.8 Å². The number of aromatic amines is 1. The topological polar surface area (TPSA) is 120 Å². The van der Waals surface area contributed by atoms with Gasteiger partial charge in [0.1, 0.15) is 11.9 Å². The summed E-state index contributed by atoms with van der Waals surface area (Å²) in [6.45, 7) is 6.28. The summed E-state index contributed by atoms with van der Waals surface area (Å²) >= 11 is 0. The van der Waals surface area contributed by atoms with Gasteiger partial charge in [-0.3, -0.25) is 24.0 Å². The van der Waals surface area contributed by atoms with E-state index >= 15 is 0 Å². The Balaban J connectivity index is 3.50. The Hall–Kier alpha value is -2.13. The van der Waals surface area contributed by atoms with E-state index in [1.807, 2.05) is 13.8 Å². The van der Waals surface area contributed by atoms with E-state index in [2.05, 4.69) is 4.98 Å². The molecule has 3 N–H and O–H groups in total. The number of nitrogens with two attached hydrogens (primary N) is 1. The fraction of sp³-hybridized carbons (Fsp3) is 0.688. The number of H-pyrrole nitrogens is 1. The molecule has 0 saturated carbocycles. The molecule has 0 aliphatic rings. The number of anilines is 2. The first kappa shape index (κ1) is 20.9. The molecular formula is C16H28N4O5. The first-order valence-corrected chi connectivity index (χ1v) is 8.24. The Morgan fingerprint density at radius 2 is 1.96 bits per heavy atom. The lowest BCUT2D eigenvalue weighted by molar-refractivity contribution is -0.128. The highest BCUT2D eigenvalue weighted by Crippen LogP contribution is 2.19. The number of nitrogens with zero attached hydrogens (tertiary/aromatic N) is 2. The Morgan fingerprint density at radius 1 is 1.32 bits per heavy atom. The van der Waals surface area contributed by atoms with Crippen LogP contribution in [0.1, 0.15) is 27.2 Å². The van der Waals surface area contributed by atoms with Crippen molar-refractivity contribution < 1.29 is 14.3 Å². The van der Waals surface area contributed by atoms with E-state index in [1.54, 1.807) is 6.92 Å². The first-order valence-electron chi connectivity index (χ1n) is 8.24. The van der Waals surface area contributed by atoms with E-state index in [9.17, 15) is 14.4 Å². The molecule has 25 heavy (non-hydrogen) atoms. The molecule has 0 bridgehead atoms. The van der Waals surface area contributed by atoms with Gasteiger partial charge in [-0.15, -0.1) is 0 Å². The maximum atomic E-state index is 12.8. The SMILES string of the molecule is CCC(OC)C(=O)N(CCOC)c1c(N)n(CC(C)C)c(=O)[nH]c1=O. The normalized spacial score (nSPS) is 12.4. The summed E-state index contributed by atoms with van der Waals surface area (Å²) in [5, 5.41) is 0. The van der Waals surface area contributed by atoms with Gasteiger partial charge in [-0.05, 0) is 12.3 Å². The van der Waals surface area contributed by atoms with Crippen LogP contribution in [0.3, 0.4) is 0 Å². The second-order valence-corrected chi connectivity index (χ2v) is 6.11. The van der Waals surface area contributed by atoms with E-state index in [0.29, 0.717) is 13.0 Å². The number of ether oxygens (including phenoxy) is 2. The van der Waals surface area contributed by atoms with Gasteiger partial charge >= 0.3 is 5.69 Å². The van der Waals surface area contributed by atoms with Gasteiger partial charge in [0.05, 0.1) is 6.61 Å². The van der Waals surface area contributed by atoms with Crippen LogP contribution in [0.4, 0.5) is 11.5 Å². The third kappa shape index (κ3) is 4.93. The van der Waals surface area contributed by atoms with Crippen LogP contribution >= 0.6 is 0 Å². The van der Waals surface area contributed by atoms with Crippen molar-refractivity contribution in [3.63, 3.8) is 0 Å². The molecule has 0 aromatic carbocycles. The van der Waals surface area contributed by atoms with Crippen molar-refractivity contribution in [1.29, 1.82) is 0 Å². The zero-order chi connectivity index (χ0) is 19.1. The number of nitrogen functional groups attached to an aromatic ring is 1. The van der Waals surface area contributed by atoms with Crippen molar-refractivity contribution in [3.05, 3.63) is 20.8 Å². The maximum Gasteiger partial charge on any atom is 0.330 e. The average Bonchev–Trinajstić information content (AvgIpc) is 2.55. The molecule has 9 nitrogen and oxygen atoms in total. The van der Waals surface area contributed by atoms with Gasteiger partial charge in [0.15, 0.2) is 5.69 Å². The molecule has 1 aromatic rings. The van der Waals surface area contributed by atoms with Crippen molar-refractivity contribution in [2.45, 2.75) is 39.8 Å². The van der Waals surface area contributed by atoms with Gasteiger partial charge in [-0.1, -0.05) is 20.8 Å². The molecule has 0 aliphatic heterocycles. The fourth-order valence-electron chi connectivity index (χ4n) is 2.52. The number of carbonyl (C=O) groups excluding carboxylic acids is 1. The molecule has 1 aromatic heterocycles. The molecule has 0 fully saturated rings. The molecule has 0 radical (unpaired) electrons. The molecular weight excluding hydrogens is 328 g/mol. The number of hydrogen-bond donors (Lipinski definition) is 2. The number of carbonyl (C=O) groups is 1. The lowest BCUT2D eigenvalue weighted by Gasteiger charge is -2.27. The number of methoxy groups -OCH3 is 2. The maximum absolute atomic E-state index is 12.8. The minimum absolute atomic E-state index is 0.0436. The second kappa shape index (κ2) is 9.38. The average molecular weight is 356 g/mol. The van der Waals surface area contributed by atoms with Gasteiger partial charge < -0.3 is 15.2 Å². The third-order valence-corrected chi connectivity index (χ3v) is 3.75. The summed E-state index contributed by atoms with van der Waals surface area (Å²) in [6, 6.07) is 0. The molecule has 142 valence electrons. The summed E-state index contributed by atoms with van der Waals surface area (Å²) in [5.41, 5.74) is 4.73. The van der Waals surface area contributed by atoms with Gasteiger partial charge in [0.25, 0.3) is 11.5 Å².